The predicted octanol–water partition coefficient (Wildman–Crippen LogP) is -0.655. The van der Waals surface area contributed by atoms with Gasteiger partial charge in [-0.1, -0.05) is 0 Å². The first-order valence-electron chi connectivity index (χ1n) is 12.9. The van der Waals surface area contributed by atoms with E-state index in [1.165, 1.54) is 4.90 Å². The summed E-state index contributed by atoms with van der Waals surface area (Å²) in [6.07, 6.45) is 0.142. The van der Waals surface area contributed by atoms with Gasteiger partial charge in [-0.15, -0.1) is 0 Å². The van der Waals surface area contributed by atoms with E-state index in [0.717, 1.165) is 0 Å². The lowest BCUT2D eigenvalue weighted by atomic mass is 9.58. The summed E-state index contributed by atoms with van der Waals surface area (Å²) in [4.78, 5) is 55.4. The molecule has 0 radical (unpaired) electrons. The van der Waals surface area contributed by atoms with E-state index in [4.69, 9.17) is 5.73 Å². The number of primary amides is 1. The number of phenols is 1. The third-order valence-electron chi connectivity index (χ3n) is 8.59. The highest BCUT2D eigenvalue weighted by Crippen LogP contribution is 2.53. The van der Waals surface area contributed by atoms with Gasteiger partial charge in [0.15, 0.2) is 17.1 Å². The number of aliphatic hydroxyl groups is 3. The summed E-state index contributed by atoms with van der Waals surface area (Å²) < 4.78 is 0. The normalized spacial score (nSPS) is 28.1. The minimum absolute atomic E-state index is 0.00738. The zero-order valence-electron chi connectivity index (χ0n) is 22.6. The van der Waals surface area contributed by atoms with Crippen LogP contribution in [0.3, 0.4) is 0 Å². The van der Waals surface area contributed by atoms with Crippen molar-refractivity contribution in [3.63, 3.8) is 0 Å². The number of allylic oxidation sites excluding steroid dienone is 1. The van der Waals surface area contributed by atoms with Crippen LogP contribution in [0.25, 0.3) is 0 Å². The summed E-state index contributed by atoms with van der Waals surface area (Å²) in [5.41, 5.74) is 2.43. The van der Waals surface area contributed by atoms with E-state index < -0.39 is 63.8 Å². The number of hydrogen-bond acceptors (Lipinski definition) is 11. The van der Waals surface area contributed by atoms with Crippen molar-refractivity contribution in [1.29, 1.82) is 0 Å². The summed E-state index contributed by atoms with van der Waals surface area (Å²) in [6, 6.07) is 0.519. The monoisotopic (exact) mass is 555 g/mol. The van der Waals surface area contributed by atoms with Gasteiger partial charge >= 0.3 is 0 Å². The van der Waals surface area contributed by atoms with Crippen LogP contribution in [0.5, 0.6) is 5.75 Å². The minimum atomic E-state index is -2.71. The number of nitrogens with two attached hydrogens (primary N) is 1. The molecule has 1 aromatic carbocycles. The Kier molecular flexibility index (Phi) is 6.44. The highest BCUT2D eigenvalue weighted by atomic mass is 16.3. The molecule has 0 unspecified atom stereocenters. The zero-order chi connectivity index (χ0) is 29.4. The molecule has 2 amide bonds. The Hall–Kier alpha value is -3.94. The number of benzene rings is 1. The molecule has 0 bridgehead atoms. The number of likely N-dealkylation sites (N-methyl/N-ethyl adjacent to an activating group) is 1. The second kappa shape index (κ2) is 9.32. The van der Waals surface area contributed by atoms with Gasteiger partial charge in [0.1, 0.15) is 17.1 Å². The van der Waals surface area contributed by atoms with Crippen molar-refractivity contribution in [1.82, 2.24) is 10.2 Å². The van der Waals surface area contributed by atoms with Gasteiger partial charge in [-0.3, -0.25) is 24.1 Å². The van der Waals surface area contributed by atoms with Gasteiger partial charge in [0.2, 0.25) is 11.7 Å². The van der Waals surface area contributed by atoms with Crippen molar-refractivity contribution in [2.75, 3.05) is 51.5 Å². The Morgan fingerprint density at radius 3 is 2.30 bits per heavy atom. The average Bonchev–Trinajstić information content (AvgIpc) is 2.81. The molecule has 0 spiro atoms. The van der Waals surface area contributed by atoms with Crippen molar-refractivity contribution in [3.8, 4) is 5.75 Å². The Morgan fingerprint density at radius 1 is 1.12 bits per heavy atom. The Bertz CT molecular complexity index is 1430. The third-order valence-corrected chi connectivity index (χ3v) is 8.59. The zero-order valence-corrected chi connectivity index (χ0v) is 22.6. The number of anilines is 2. The molecule has 1 heterocycles. The molecule has 1 aromatic rings. The smallest absolute Gasteiger partial charge is 0.255 e. The summed E-state index contributed by atoms with van der Waals surface area (Å²) in [6.45, 7) is 0.969. The molecule has 1 fully saturated rings. The van der Waals surface area contributed by atoms with Crippen LogP contribution in [0.2, 0.25) is 0 Å². The van der Waals surface area contributed by atoms with Crippen LogP contribution in [0, 0.1) is 17.8 Å². The second-order valence-corrected chi connectivity index (χ2v) is 11.3. The van der Waals surface area contributed by atoms with Gasteiger partial charge in [0.25, 0.3) is 5.91 Å². The van der Waals surface area contributed by atoms with Crippen LogP contribution in [0.1, 0.15) is 22.3 Å². The number of ketones is 2. The highest BCUT2D eigenvalue weighted by molar-refractivity contribution is 6.25. The first-order chi connectivity index (χ1) is 18.7. The minimum Gasteiger partial charge on any atom is -0.510 e. The standard InChI is InChI=1S/C27H33N5O8/c1-31(2)15-7-14(30-26(39)11-8-29-9-11)20(33)17-12(15)5-10-6-13-19(32(3)4)22(35)18(25(28)38)24(37)27(13,40)23(36)16(10)21(17)34/h7,10-11,13,19,29,33,35-36,40H,5-6,8-9H2,1-4H3,(H2,28,38)(H,30,39)/t10-,13-,19-,27-/m0/s1. The third kappa shape index (κ3) is 3.72. The molecular formula is C27H33N5O8. The molecule has 40 heavy (non-hydrogen) atoms. The number of amides is 2. The number of carbonyl (C=O) groups is 4. The fraction of sp³-hybridized carbons (Fsp3) is 0.481. The molecule has 13 nitrogen and oxygen atoms in total. The number of phenolic OH excluding ortho intramolecular Hbond substituents is 1. The average molecular weight is 556 g/mol. The molecule has 0 saturated carbocycles. The molecule has 4 atom stereocenters. The first-order valence-corrected chi connectivity index (χ1v) is 12.9. The molecule has 1 aliphatic heterocycles. The van der Waals surface area contributed by atoms with Crippen molar-refractivity contribution in [2.24, 2.45) is 23.5 Å². The van der Waals surface area contributed by atoms with Gasteiger partial charge < -0.3 is 41.7 Å². The number of nitrogens with one attached hydrogen (secondary N) is 2. The van der Waals surface area contributed by atoms with E-state index in [1.807, 2.05) is 0 Å². The molecular weight excluding hydrogens is 522 g/mol. The van der Waals surface area contributed by atoms with Gasteiger partial charge in [0, 0.05) is 44.4 Å². The van der Waals surface area contributed by atoms with E-state index >= 15 is 0 Å². The Balaban J connectivity index is 1.68. The Morgan fingerprint density at radius 2 is 1.77 bits per heavy atom. The number of nitrogens with zero attached hydrogens (tertiary/aromatic N) is 2. The maximum atomic E-state index is 14.0. The molecule has 5 rings (SSSR count). The lowest BCUT2D eigenvalue weighted by Gasteiger charge is -2.50. The number of Topliss-reactive ketones (excluding diaryl/α,β-unsaturated/α-hetero) is 2. The maximum absolute atomic E-state index is 14.0. The fourth-order valence-electron chi connectivity index (χ4n) is 6.50. The molecule has 214 valence electrons. The van der Waals surface area contributed by atoms with Crippen LogP contribution in [0.15, 0.2) is 28.7 Å². The topological polar surface area (TPSA) is 206 Å². The lowest BCUT2D eigenvalue weighted by molar-refractivity contribution is -0.148. The molecule has 4 aliphatic rings. The van der Waals surface area contributed by atoms with E-state index in [-0.39, 0.29) is 41.5 Å². The molecule has 13 heteroatoms. The van der Waals surface area contributed by atoms with Crippen molar-refractivity contribution >= 4 is 34.8 Å². The number of rotatable bonds is 5. The molecule has 8 N–H and O–H groups in total. The molecule has 1 saturated heterocycles. The van der Waals surface area contributed by atoms with E-state index in [2.05, 4.69) is 10.6 Å². The largest absolute Gasteiger partial charge is 0.510 e. The summed E-state index contributed by atoms with van der Waals surface area (Å²) in [7, 11) is 6.64. The highest BCUT2D eigenvalue weighted by Gasteiger charge is 2.63. The second-order valence-electron chi connectivity index (χ2n) is 11.3. The van der Waals surface area contributed by atoms with Gasteiger partial charge in [-0.05, 0) is 44.5 Å². The molecule has 3 aliphatic carbocycles. The summed E-state index contributed by atoms with van der Waals surface area (Å²) in [5, 5.41) is 51.0. The lowest BCUT2D eigenvalue weighted by Crippen LogP contribution is -2.63. The van der Waals surface area contributed by atoms with Crippen LogP contribution in [-0.2, 0) is 20.8 Å². The number of carbonyl (C=O) groups excluding carboxylic acids is 4. The quantitative estimate of drug-likeness (QED) is 0.179. The number of aromatic hydroxyl groups is 1. The van der Waals surface area contributed by atoms with E-state index in [1.54, 1.807) is 39.2 Å². The number of hydrogen-bond donors (Lipinski definition) is 7. The fourth-order valence-corrected chi connectivity index (χ4v) is 6.50. The van der Waals surface area contributed by atoms with Crippen molar-refractivity contribution < 1.29 is 39.6 Å². The van der Waals surface area contributed by atoms with Crippen LogP contribution >= 0.6 is 0 Å². The summed E-state index contributed by atoms with van der Waals surface area (Å²) >= 11 is 0. The van der Waals surface area contributed by atoms with E-state index in [0.29, 0.717) is 24.3 Å². The number of aliphatic hydroxyl groups excluding tert-OH is 2. The van der Waals surface area contributed by atoms with Crippen LogP contribution in [-0.4, -0.2) is 102 Å². The molecule has 0 aromatic heterocycles. The van der Waals surface area contributed by atoms with E-state index in [9.17, 15) is 39.6 Å². The van der Waals surface area contributed by atoms with Crippen molar-refractivity contribution in [2.45, 2.75) is 24.5 Å². The summed E-state index contributed by atoms with van der Waals surface area (Å²) in [5.74, 6) is -7.85. The van der Waals surface area contributed by atoms with Crippen LogP contribution in [0.4, 0.5) is 11.4 Å². The van der Waals surface area contributed by atoms with Gasteiger partial charge in [-0.25, -0.2) is 0 Å². The predicted molar refractivity (Wildman–Crippen MR) is 143 cm³/mol. The van der Waals surface area contributed by atoms with Crippen molar-refractivity contribution in [3.05, 3.63) is 39.9 Å². The number of fused-ring (bicyclic) bond motifs is 3. The SMILES string of the molecule is CN(C)c1cc(NC(=O)C2CNC2)c(O)c2c1C[C@H]1C[C@H]3[C@H](N(C)C)C(O)=C(C(N)=O)C(=O)[C@@]3(O)C(O)=C1C2=O. The van der Waals surface area contributed by atoms with Crippen LogP contribution < -0.4 is 21.3 Å². The Labute approximate surface area is 229 Å². The maximum Gasteiger partial charge on any atom is 0.255 e. The first kappa shape index (κ1) is 27.6. The van der Waals surface area contributed by atoms with Gasteiger partial charge in [0.05, 0.1) is 23.2 Å². The van der Waals surface area contributed by atoms with Gasteiger partial charge in [-0.2, -0.15) is 0 Å².